The first-order valence-corrected chi connectivity index (χ1v) is 11.2. The van der Waals surface area contributed by atoms with Gasteiger partial charge >= 0.3 is 12.1 Å². The molecule has 0 spiro atoms. The second kappa shape index (κ2) is 12.7. The van der Waals surface area contributed by atoms with E-state index in [2.05, 4.69) is 0 Å². The van der Waals surface area contributed by atoms with Crippen LogP contribution in [0.4, 0.5) is 4.79 Å². The molecule has 1 heterocycles. The Morgan fingerprint density at radius 3 is 2.45 bits per heavy atom. The van der Waals surface area contributed by atoms with Crippen LogP contribution >= 0.6 is 0 Å². The average Bonchev–Trinajstić information content (AvgIpc) is 2.83. The van der Waals surface area contributed by atoms with E-state index in [4.69, 9.17) is 23.7 Å². The lowest BCUT2D eigenvalue weighted by atomic mass is 10.1. The molecule has 33 heavy (non-hydrogen) atoms. The largest absolute Gasteiger partial charge is 0.490 e. The third kappa shape index (κ3) is 7.98. The van der Waals surface area contributed by atoms with Crippen LogP contribution in [0.5, 0.6) is 11.5 Å². The molecule has 0 saturated carbocycles. The molecule has 3 rings (SSSR count). The van der Waals surface area contributed by atoms with Crippen LogP contribution in [0.3, 0.4) is 0 Å². The summed E-state index contributed by atoms with van der Waals surface area (Å²) in [5.74, 6) is 0.869. The molecule has 1 aliphatic heterocycles. The zero-order chi connectivity index (χ0) is 23.5. The van der Waals surface area contributed by atoms with E-state index >= 15 is 0 Å². The van der Waals surface area contributed by atoms with Gasteiger partial charge in [-0.2, -0.15) is 0 Å². The second-order valence-corrected chi connectivity index (χ2v) is 7.56. The number of morpholine rings is 1. The number of hydrogen-bond acceptors (Lipinski definition) is 7. The van der Waals surface area contributed by atoms with Crippen molar-refractivity contribution in [3.05, 3.63) is 60.2 Å². The minimum absolute atomic E-state index is 0.214. The molecule has 0 aromatic heterocycles. The number of hydrogen-bond donors (Lipinski definition) is 0. The lowest BCUT2D eigenvalue weighted by Gasteiger charge is -2.32. The number of benzene rings is 2. The van der Waals surface area contributed by atoms with Gasteiger partial charge in [-0.25, -0.2) is 4.79 Å². The number of nitrogens with zero attached hydrogens (tertiary/aromatic N) is 1. The van der Waals surface area contributed by atoms with Gasteiger partial charge in [0, 0.05) is 19.9 Å². The van der Waals surface area contributed by atoms with Crippen LogP contribution in [0.25, 0.3) is 0 Å². The van der Waals surface area contributed by atoms with E-state index in [1.54, 1.807) is 0 Å². The van der Waals surface area contributed by atoms with Crippen molar-refractivity contribution in [3.8, 4) is 11.5 Å². The van der Waals surface area contributed by atoms with Crippen molar-refractivity contribution in [1.29, 1.82) is 0 Å². The highest BCUT2D eigenvalue weighted by Gasteiger charge is 2.27. The summed E-state index contributed by atoms with van der Waals surface area (Å²) >= 11 is 0. The number of carbonyl (C=O) groups is 2. The normalized spacial score (nSPS) is 16.5. The van der Waals surface area contributed by atoms with Gasteiger partial charge in [0.25, 0.3) is 0 Å². The summed E-state index contributed by atoms with van der Waals surface area (Å²) < 4.78 is 27.7. The fraction of sp³-hybridized carbons (Fsp3) is 0.440. The van der Waals surface area contributed by atoms with Gasteiger partial charge in [0.1, 0.15) is 12.7 Å². The summed E-state index contributed by atoms with van der Waals surface area (Å²) in [6.45, 7) is 5.30. The summed E-state index contributed by atoms with van der Waals surface area (Å²) in [5.41, 5.74) is 1.05. The quantitative estimate of drug-likeness (QED) is 0.396. The molecule has 0 bridgehead atoms. The van der Waals surface area contributed by atoms with Crippen LogP contribution in [0, 0.1) is 0 Å². The summed E-state index contributed by atoms with van der Waals surface area (Å²) in [6.07, 6.45) is -1.06. The molecule has 8 heteroatoms. The van der Waals surface area contributed by atoms with Crippen molar-refractivity contribution in [3.63, 3.8) is 0 Å². The molecule has 178 valence electrons. The maximum atomic E-state index is 12.5. The van der Waals surface area contributed by atoms with Crippen LogP contribution in [0.2, 0.25) is 0 Å². The van der Waals surface area contributed by atoms with E-state index in [1.165, 1.54) is 11.8 Å². The molecule has 1 fully saturated rings. The van der Waals surface area contributed by atoms with Crippen molar-refractivity contribution in [2.45, 2.75) is 39.1 Å². The van der Waals surface area contributed by atoms with Crippen molar-refractivity contribution in [1.82, 2.24) is 4.90 Å². The minimum Gasteiger partial charge on any atom is -0.490 e. The topological polar surface area (TPSA) is 83.5 Å². The molecule has 2 aromatic carbocycles. The molecule has 2 atom stereocenters. The molecular formula is C25H31NO7. The number of esters is 1. The first-order valence-electron chi connectivity index (χ1n) is 11.2. The van der Waals surface area contributed by atoms with Crippen molar-refractivity contribution >= 4 is 12.1 Å². The van der Waals surface area contributed by atoms with Gasteiger partial charge in [0.15, 0.2) is 11.5 Å². The van der Waals surface area contributed by atoms with E-state index < -0.39 is 18.4 Å². The van der Waals surface area contributed by atoms with Gasteiger partial charge in [-0.05, 0) is 31.0 Å². The average molecular weight is 458 g/mol. The molecule has 1 aliphatic rings. The Hall–Kier alpha value is -3.26. The zero-order valence-corrected chi connectivity index (χ0v) is 19.1. The molecule has 0 N–H and O–H groups in total. The lowest BCUT2D eigenvalue weighted by Crippen LogP contribution is -2.48. The van der Waals surface area contributed by atoms with Gasteiger partial charge in [-0.1, -0.05) is 42.5 Å². The van der Waals surface area contributed by atoms with E-state index in [9.17, 15) is 9.59 Å². The van der Waals surface area contributed by atoms with Gasteiger partial charge in [-0.15, -0.1) is 0 Å². The molecule has 0 aliphatic carbocycles. The SMILES string of the molecule is CCOc1ccccc1OCC1CN(C(=O)OC(C)OC(=O)CCc2ccccc2)CCO1. The Morgan fingerprint density at radius 2 is 1.73 bits per heavy atom. The van der Waals surface area contributed by atoms with Crippen molar-refractivity contribution in [2.75, 3.05) is 32.9 Å². The van der Waals surface area contributed by atoms with Crippen LogP contribution < -0.4 is 9.47 Å². The predicted octanol–water partition coefficient (Wildman–Crippen LogP) is 3.82. The number of para-hydroxylation sites is 2. The monoisotopic (exact) mass is 457 g/mol. The molecule has 1 amide bonds. The van der Waals surface area contributed by atoms with Gasteiger partial charge < -0.3 is 28.6 Å². The number of rotatable bonds is 10. The Bertz CT molecular complexity index is 889. The van der Waals surface area contributed by atoms with Gasteiger partial charge in [0.2, 0.25) is 6.29 Å². The highest BCUT2D eigenvalue weighted by atomic mass is 16.7. The Kier molecular flexibility index (Phi) is 9.38. The Balaban J connectivity index is 1.41. The van der Waals surface area contributed by atoms with Crippen LogP contribution in [0.1, 0.15) is 25.8 Å². The van der Waals surface area contributed by atoms with E-state index in [1.807, 2.05) is 61.5 Å². The fourth-order valence-corrected chi connectivity index (χ4v) is 3.39. The number of carbonyl (C=O) groups excluding carboxylic acids is 2. The third-order valence-corrected chi connectivity index (χ3v) is 5.00. The number of aryl methyl sites for hydroxylation is 1. The molecule has 8 nitrogen and oxygen atoms in total. The van der Waals surface area contributed by atoms with Crippen LogP contribution in [0.15, 0.2) is 54.6 Å². The van der Waals surface area contributed by atoms with Crippen molar-refractivity contribution in [2.24, 2.45) is 0 Å². The number of ether oxygens (including phenoxy) is 5. The van der Waals surface area contributed by atoms with Gasteiger partial charge in [-0.3, -0.25) is 4.79 Å². The second-order valence-electron chi connectivity index (χ2n) is 7.56. The first kappa shape index (κ1) is 24.4. The lowest BCUT2D eigenvalue weighted by molar-refractivity contribution is -0.167. The van der Waals surface area contributed by atoms with Crippen molar-refractivity contribution < 1.29 is 33.3 Å². The third-order valence-electron chi connectivity index (χ3n) is 5.00. The maximum Gasteiger partial charge on any atom is 0.413 e. The number of amides is 1. The standard InChI is InChI=1S/C25H31NO7/c1-3-29-22-11-7-8-12-23(22)31-18-21-17-26(15-16-30-21)25(28)33-19(2)32-24(27)14-13-20-9-5-4-6-10-20/h4-12,19,21H,3,13-18H2,1-2H3. The Morgan fingerprint density at radius 1 is 1.03 bits per heavy atom. The molecule has 2 unspecified atom stereocenters. The van der Waals surface area contributed by atoms with Gasteiger partial charge in [0.05, 0.1) is 19.8 Å². The molecular weight excluding hydrogens is 426 g/mol. The maximum absolute atomic E-state index is 12.5. The highest BCUT2D eigenvalue weighted by Crippen LogP contribution is 2.26. The predicted molar refractivity (Wildman–Crippen MR) is 121 cm³/mol. The minimum atomic E-state index is -0.976. The smallest absolute Gasteiger partial charge is 0.413 e. The first-order chi connectivity index (χ1) is 16.0. The molecule has 2 aromatic rings. The van der Waals surface area contributed by atoms with E-state index in [0.717, 1.165) is 5.56 Å². The summed E-state index contributed by atoms with van der Waals surface area (Å²) in [6, 6.07) is 17.1. The van der Waals surface area contributed by atoms with E-state index in [0.29, 0.717) is 44.2 Å². The van der Waals surface area contributed by atoms with Crippen LogP contribution in [-0.2, 0) is 25.4 Å². The molecule has 1 saturated heterocycles. The highest BCUT2D eigenvalue weighted by molar-refractivity contribution is 5.71. The Labute approximate surface area is 194 Å². The summed E-state index contributed by atoms with van der Waals surface area (Å²) in [7, 11) is 0. The fourth-order valence-electron chi connectivity index (χ4n) is 3.39. The summed E-state index contributed by atoms with van der Waals surface area (Å²) in [5, 5.41) is 0. The zero-order valence-electron chi connectivity index (χ0n) is 19.1. The summed E-state index contributed by atoms with van der Waals surface area (Å²) in [4.78, 5) is 26.1. The van der Waals surface area contributed by atoms with Crippen LogP contribution in [-0.4, -0.2) is 62.3 Å². The van der Waals surface area contributed by atoms with E-state index in [-0.39, 0.29) is 19.1 Å². The molecule has 0 radical (unpaired) electrons.